The van der Waals surface area contributed by atoms with Crippen molar-refractivity contribution in [3.05, 3.63) is 88.2 Å². The van der Waals surface area contributed by atoms with Gasteiger partial charge in [0, 0.05) is 22.8 Å². The minimum Gasteiger partial charge on any atom is -0.361 e. The van der Waals surface area contributed by atoms with Crippen molar-refractivity contribution in [3.8, 4) is 17.2 Å². The first-order valence-electron chi connectivity index (χ1n) is 14.2. The van der Waals surface area contributed by atoms with Crippen molar-refractivity contribution in [2.24, 2.45) is 0 Å². The van der Waals surface area contributed by atoms with Crippen molar-refractivity contribution in [3.63, 3.8) is 0 Å². The number of unbranched alkanes of at least 4 members (excludes halogenated alkanes) is 1. The number of rotatable bonds is 12. The Bertz CT molecular complexity index is 1600. The van der Waals surface area contributed by atoms with E-state index in [1.807, 2.05) is 51.1 Å². The Labute approximate surface area is 254 Å². The molecule has 222 valence electrons. The molecule has 7 nitrogen and oxygen atoms in total. The summed E-state index contributed by atoms with van der Waals surface area (Å²) in [6, 6.07) is 16.6. The molecule has 1 aromatic heterocycles. The van der Waals surface area contributed by atoms with Crippen LogP contribution in [0.5, 0.6) is 0 Å². The summed E-state index contributed by atoms with van der Waals surface area (Å²) in [6.45, 7) is 10.1. The van der Waals surface area contributed by atoms with Crippen LogP contribution in [0.2, 0.25) is 0 Å². The highest BCUT2D eigenvalue weighted by molar-refractivity contribution is 7.90. The predicted molar refractivity (Wildman–Crippen MR) is 168 cm³/mol. The number of halogens is 1. The van der Waals surface area contributed by atoms with E-state index in [2.05, 4.69) is 48.2 Å². The van der Waals surface area contributed by atoms with Crippen LogP contribution in [-0.2, 0) is 14.3 Å². The fraction of sp³-hybridized carbons (Fsp3) is 0.394. The third-order valence-corrected chi connectivity index (χ3v) is 9.31. The molecular formula is C33H38ClN3O4S. The summed E-state index contributed by atoms with van der Waals surface area (Å²) in [5.74, 6) is 0.857. The van der Waals surface area contributed by atoms with Gasteiger partial charge in [0.1, 0.15) is 5.76 Å². The van der Waals surface area contributed by atoms with Crippen LogP contribution in [0.3, 0.4) is 0 Å². The van der Waals surface area contributed by atoms with Crippen LogP contribution in [0.1, 0.15) is 68.0 Å². The molecule has 0 amide bonds. The molecule has 0 radical (unpaired) electrons. The van der Waals surface area contributed by atoms with Gasteiger partial charge < -0.3 is 9.42 Å². The van der Waals surface area contributed by atoms with E-state index in [0.717, 1.165) is 51.5 Å². The summed E-state index contributed by atoms with van der Waals surface area (Å²) in [7, 11) is -3.84. The van der Waals surface area contributed by atoms with Crippen molar-refractivity contribution in [2.45, 2.75) is 71.8 Å². The largest absolute Gasteiger partial charge is 0.361 e. The molecule has 9 heteroatoms. The number of anilines is 2. The molecule has 1 heterocycles. The van der Waals surface area contributed by atoms with Gasteiger partial charge in [0.15, 0.2) is 0 Å². The SMILES string of the molecule is CCCCOS(=O)(=O)C1=CCC(C)(N(c2ccc(C(C#N)CCCl)cc2)c2cc(-c3c(C)noc3C)ccc2C)C=C1. The average molecular weight is 608 g/mol. The molecule has 2 atom stereocenters. The van der Waals surface area contributed by atoms with Crippen LogP contribution >= 0.6 is 11.6 Å². The minimum absolute atomic E-state index is 0.168. The van der Waals surface area contributed by atoms with E-state index in [0.29, 0.717) is 25.1 Å². The predicted octanol–water partition coefficient (Wildman–Crippen LogP) is 8.39. The second kappa shape index (κ2) is 13.3. The lowest BCUT2D eigenvalue weighted by molar-refractivity contribution is 0.315. The Morgan fingerprint density at radius 1 is 1.19 bits per heavy atom. The number of aryl methyl sites for hydroxylation is 3. The standard InChI is InChI=1S/C33H38ClN3O4S/c1-6-7-20-40-42(38,39)30-14-17-33(5,18-15-30)37(29-12-10-26(11-13-29)28(22-35)16-19-34)31-21-27(9-8-23(31)2)32-24(3)36-41-25(32)4/h8-15,17,21,28H,6-7,16,18-20H2,1-5H3. The van der Waals surface area contributed by atoms with E-state index in [-0.39, 0.29) is 17.4 Å². The van der Waals surface area contributed by atoms with Crippen LogP contribution in [0.15, 0.2) is 70.1 Å². The van der Waals surface area contributed by atoms with Crippen molar-refractivity contribution >= 4 is 33.1 Å². The molecule has 0 spiro atoms. The Kier molecular flexibility index (Phi) is 9.98. The molecule has 0 saturated heterocycles. The van der Waals surface area contributed by atoms with E-state index in [1.54, 1.807) is 12.2 Å². The first kappa shape index (κ1) is 31.6. The van der Waals surface area contributed by atoms with Crippen LogP contribution in [0.4, 0.5) is 11.4 Å². The van der Waals surface area contributed by atoms with Crippen molar-refractivity contribution in [1.82, 2.24) is 5.16 Å². The maximum Gasteiger partial charge on any atom is 0.296 e. The Morgan fingerprint density at radius 2 is 1.93 bits per heavy atom. The van der Waals surface area contributed by atoms with Crippen molar-refractivity contribution in [2.75, 3.05) is 17.4 Å². The molecule has 0 fully saturated rings. The Morgan fingerprint density at radius 3 is 2.50 bits per heavy atom. The molecule has 0 N–H and O–H groups in total. The summed E-state index contributed by atoms with van der Waals surface area (Å²) in [5.41, 5.74) is 5.95. The second-order valence-corrected chi connectivity index (χ2v) is 12.9. The number of alkyl halides is 1. The van der Waals surface area contributed by atoms with E-state index in [4.69, 9.17) is 20.3 Å². The van der Waals surface area contributed by atoms with Crippen molar-refractivity contribution < 1.29 is 17.1 Å². The normalized spacial score (nSPS) is 17.5. The van der Waals surface area contributed by atoms with Gasteiger partial charge in [0.2, 0.25) is 0 Å². The van der Waals surface area contributed by atoms with Gasteiger partial charge in [-0.25, -0.2) is 0 Å². The monoisotopic (exact) mass is 607 g/mol. The van der Waals surface area contributed by atoms with Crippen LogP contribution in [0.25, 0.3) is 11.1 Å². The molecule has 0 aliphatic heterocycles. The van der Waals surface area contributed by atoms with Gasteiger partial charge in [-0.3, -0.25) is 4.18 Å². The number of hydrogen-bond donors (Lipinski definition) is 0. The molecular weight excluding hydrogens is 570 g/mol. The zero-order valence-corrected chi connectivity index (χ0v) is 26.4. The third kappa shape index (κ3) is 6.64. The lowest BCUT2D eigenvalue weighted by Crippen LogP contribution is -2.43. The van der Waals surface area contributed by atoms with Gasteiger partial charge in [-0.1, -0.05) is 54.9 Å². The molecule has 2 aromatic carbocycles. The lowest BCUT2D eigenvalue weighted by Gasteiger charge is -2.43. The van der Waals surface area contributed by atoms with E-state index in [9.17, 15) is 13.7 Å². The minimum atomic E-state index is -3.84. The topological polar surface area (TPSA) is 96.4 Å². The number of nitriles is 1. The molecule has 0 saturated carbocycles. The first-order chi connectivity index (χ1) is 20.0. The van der Waals surface area contributed by atoms with E-state index >= 15 is 0 Å². The zero-order chi connectivity index (χ0) is 30.5. The molecule has 1 aliphatic carbocycles. The second-order valence-electron chi connectivity index (χ2n) is 10.9. The fourth-order valence-electron chi connectivity index (χ4n) is 5.32. The number of aromatic nitrogens is 1. The number of nitrogens with zero attached hydrogens (tertiary/aromatic N) is 3. The average Bonchev–Trinajstić information content (AvgIpc) is 3.31. The zero-order valence-electron chi connectivity index (χ0n) is 24.9. The molecule has 4 rings (SSSR count). The molecule has 3 aromatic rings. The summed E-state index contributed by atoms with van der Waals surface area (Å²) < 4.78 is 36.4. The summed E-state index contributed by atoms with van der Waals surface area (Å²) in [5, 5.41) is 13.8. The van der Waals surface area contributed by atoms with E-state index < -0.39 is 15.7 Å². The van der Waals surface area contributed by atoms with Crippen LogP contribution < -0.4 is 4.90 Å². The lowest BCUT2D eigenvalue weighted by atomic mass is 9.88. The molecule has 2 unspecified atom stereocenters. The smallest absolute Gasteiger partial charge is 0.296 e. The maximum absolute atomic E-state index is 12.9. The highest BCUT2D eigenvalue weighted by Crippen LogP contribution is 2.43. The maximum atomic E-state index is 12.9. The molecule has 0 bridgehead atoms. The van der Waals surface area contributed by atoms with Gasteiger partial charge in [-0.15, -0.1) is 11.6 Å². The highest BCUT2D eigenvalue weighted by atomic mass is 35.5. The Hall–Kier alpha value is -3.38. The van der Waals surface area contributed by atoms with E-state index in [1.165, 1.54) is 0 Å². The summed E-state index contributed by atoms with van der Waals surface area (Å²) >= 11 is 5.95. The molecule has 42 heavy (non-hydrogen) atoms. The van der Waals surface area contributed by atoms with Gasteiger partial charge in [-0.05, 0) is 87.9 Å². The highest BCUT2D eigenvalue weighted by Gasteiger charge is 2.35. The summed E-state index contributed by atoms with van der Waals surface area (Å²) in [4.78, 5) is 2.40. The van der Waals surface area contributed by atoms with Crippen LogP contribution in [-0.4, -0.2) is 31.6 Å². The number of hydrogen-bond acceptors (Lipinski definition) is 7. The number of benzene rings is 2. The molecule has 1 aliphatic rings. The fourth-order valence-corrected chi connectivity index (χ4v) is 6.53. The van der Waals surface area contributed by atoms with Gasteiger partial charge in [-0.2, -0.15) is 13.7 Å². The van der Waals surface area contributed by atoms with Gasteiger partial charge in [0.05, 0.1) is 34.7 Å². The third-order valence-electron chi connectivity index (χ3n) is 7.74. The van der Waals surface area contributed by atoms with Crippen LogP contribution in [0, 0.1) is 32.1 Å². The summed E-state index contributed by atoms with van der Waals surface area (Å²) in [6.07, 6.45) is 7.85. The van der Waals surface area contributed by atoms with Gasteiger partial charge >= 0.3 is 0 Å². The van der Waals surface area contributed by atoms with Crippen molar-refractivity contribution in [1.29, 1.82) is 5.26 Å². The Balaban J connectivity index is 1.80. The number of allylic oxidation sites excluding steroid dienone is 1. The quantitative estimate of drug-likeness (QED) is 0.116. The van der Waals surface area contributed by atoms with Gasteiger partial charge in [0.25, 0.3) is 10.1 Å². The first-order valence-corrected chi connectivity index (χ1v) is 16.2.